The Labute approximate surface area is 190 Å². The fourth-order valence-corrected chi connectivity index (χ4v) is 3.56. The van der Waals surface area contributed by atoms with Crippen LogP contribution < -0.4 is 20.4 Å². The van der Waals surface area contributed by atoms with E-state index in [1.165, 1.54) is 9.80 Å². The van der Waals surface area contributed by atoms with Crippen LogP contribution >= 0.6 is 11.6 Å². The molecule has 0 aliphatic carbocycles. The van der Waals surface area contributed by atoms with Crippen LogP contribution in [0, 0.1) is 0 Å². The predicted molar refractivity (Wildman–Crippen MR) is 125 cm³/mol. The average Bonchev–Trinajstić information content (AvgIpc) is 2.81. The maximum atomic E-state index is 12.9. The van der Waals surface area contributed by atoms with Crippen molar-refractivity contribution in [1.29, 1.82) is 0 Å². The Kier molecular flexibility index (Phi) is 6.37. The maximum absolute atomic E-state index is 12.9. The number of para-hydroxylation sites is 3. The van der Waals surface area contributed by atoms with E-state index in [1.54, 1.807) is 48.5 Å². The summed E-state index contributed by atoms with van der Waals surface area (Å²) in [5.41, 5.74) is 2.60. The number of fused-ring (bicyclic) bond motifs is 1. The second-order valence-corrected chi connectivity index (χ2v) is 7.69. The van der Waals surface area contributed by atoms with E-state index in [0.29, 0.717) is 28.6 Å². The van der Waals surface area contributed by atoms with Crippen molar-refractivity contribution in [3.8, 4) is 0 Å². The van der Waals surface area contributed by atoms with E-state index < -0.39 is 6.03 Å². The lowest BCUT2D eigenvalue weighted by atomic mass is 10.1. The van der Waals surface area contributed by atoms with Crippen molar-refractivity contribution >= 4 is 46.5 Å². The van der Waals surface area contributed by atoms with E-state index in [-0.39, 0.29) is 24.9 Å². The molecule has 0 aromatic heterocycles. The molecule has 0 fully saturated rings. The summed E-state index contributed by atoms with van der Waals surface area (Å²) in [5.74, 6) is -0.640. The van der Waals surface area contributed by atoms with Crippen molar-refractivity contribution in [2.75, 3.05) is 28.2 Å². The molecule has 2 N–H and O–H groups in total. The van der Waals surface area contributed by atoms with Crippen molar-refractivity contribution in [3.05, 3.63) is 89.4 Å². The number of rotatable bonds is 5. The molecule has 0 bridgehead atoms. The van der Waals surface area contributed by atoms with Crippen molar-refractivity contribution in [2.45, 2.75) is 6.54 Å². The molecule has 0 spiro atoms. The molecule has 3 aromatic rings. The van der Waals surface area contributed by atoms with Gasteiger partial charge in [0.1, 0.15) is 13.1 Å². The van der Waals surface area contributed by atoms with Gasteiger partial charge in [0.05, 0.1) is 11.4 Å². The van der Waals surface area contributed by atoms with Crippen molar-refractivity contribution in [1.82, 2.24) is 5.32 Å². The first kappa shape index (κ1) is 21.4. The van der Waals surface area contributed by atoms with Crippen molar-refractivity contribution in [3.63, 3.8) is 0 Å². The lowest BCUT2D eigenvalue weighted by molar-refractivity contribution is -0.123. The van der Waals surface area contributed by atoms with E-state index in [1.807, 2.05) is 30.3 Å². The highest BCUT2D eigenvalue weighted by molar-refractivity contribution is 6.30. The summed E-state index contributed by atoms with van der Waals surface area (Å²) in [4.78, 5) is 41.0. The molecule has 0 radical (unpaired) electrons. The number of amides is 4. The highest BCUT2D eigenvalue weighted by atomic mass is 35.5. The molecule has 0 atom stereocenters. The molecule has 0 saturated heterocycles. The van der Waals surface area contributed by atoms with E-state index in [0.717, 1.165) is 5.56 Å². The van der Waals surface area contributed by atoms with Crippen LogP contribution in [0.15, 0.2) is 78.9 Å². The lowest BCUT2D eigenvalue weighted by Gasteiger charge is -2.35. The van der Waals surface area contributed by atoms with Crippen LogP contribution in [0.5, 0.6) is 0 Å². The third-order valence-corrected chi connectivity index (χ3v) is 5.28. The number of hydrogen-bond acceptors (Lipinski definition) is 3. The number of carbonyl (C=O) groups excluding carboxylic acids is 3. The van der Waals surface area contributed by atoms with Crippen LogP contribution in [-0.2, 0) is 16.1 Å². The maximum Gasteiger partial charge on any atom is 0.326 e. The minimum Gasteiger partial charge on any atom is -0.350 e. The SMILES string of the molecule is O=C(CN1C(=O)CN(C(=O)Nc2ccccc2)c2ccccc21)NCc1ccc(Cl)cc1. The molecule has 0 saturated carbocycles. The van der Waals surface area contributed by atoms with Crippen LogP contribution in [-0.4, -0.2) is 30.9 Å². The van der Waals surface area contributed by atoms with E-state index in [2.05, 4.69) is 10.6 Å². The summed E-state index contributed by atoms with van der Waals surface area (Å²) >= 11 is 5.88. The Morgan fingerprint density at radius 1 is 0.875 bits per heavy atom. The van der Waals surface area contributed by atoms with Gasteiger partial charge in [0.25, 0.3) is 0 Å². The first-order chi connectivity index (χ1) is 15.5. The fourth-order valence-electron chi connectivity index (χ4n) is 3.43. The van der Waals surface area contributed by atoms with Gasteiger partial charge in [0.15, 0.2) is 0 Å². The third kappa shape index (κ3) is 4.90. The number of halogens is 1. The molecule has 32 heavy (non-hydrogen) atoms. The van der Waals surface area contributed by atoms with Crippen LogP contribution in [0.3, 0.4) is 0 Å². The summed E-state index contributed by atoms with van der Waals surface area (Å²) in [6.07, 6.45) is 0. The molecule has 1 aliphatic heterocycles. The quantitative estimate of drug-likeness (QED) is 0.618. The van der Waals surface area contributed by atoms with E-state index in [4.69, 9.17) is 11.6 Å². The van der Waals surface area contributed by atoms with Gasteiger partial charge in [0, 0.05) is 17.3 Å². The smallest absolute Gasteiger partial charge is 0.326 e. The zero-order chi connectivity index (χ0) is 22.5. The van der Waals surface area contributed by atoms with Gasteiger partial charge in [0.2, 0.25) is 11.8 Å². The highest BCUT2D eigenvalue weighted by Crippen LogP contribution is 2.33. The number of nitrogens with zero attached hydrogens (tertiary/aromatic N) is 2. The highest BCUT2D eigenvalue weighted by Gasteiger charge is 2.33. The summed E-state index contributed by atoms with van der Waals surface area (Å²) in [6, 6.07) is 22.8. The van der Waals surface area contributed by atoms with Crippen LogP contribution in [0.1, 0.15) is 5.56 Å². The monoisotopic (exact) mass is 448 g/mol. The number of hydrogen-bond donors (Lipinski definition) is 2. The van der Waals surface area contributed by atoms with Crippen LogP contribution in [0.4, 0.5) is 21.9 Å². The standard InChI is InChI=1S/C24H21ClN4O3/c25-18-12-10-17(11-13-18)14-26-22(30)15-28-20-8-4-5-9-21(20)29(16-23(28)31)24(32)27-19-6-2-1-3-7-19/h1-13H,14-16H2,(H,26,30)(H,27,32). The summed E-state index contributed by atoms with van der Waals surface area (Å²) in [5, 5.41) is 6.24. The van der Waals surface area contributed by atoms with Gasteiger partial charge in [-0.3, -0.25) is 19.4 Å². The van der Waals surface area contributed by atoms with Crippen LogP contribution in [0.2, 0.25) is 5.02 Å². The van der Waals surface area contributed by atoms with Gasteiger partial charge >= 0.3 is 6.03 Å². The second-order valence-electron chi connectivity index (χ2n) is 7.25. The normalized spacial score (nSPS) is 12.8. The lowest BCUT2D eigenvalue weighted by Crippen LogP contribution is -2.51. The second kappa shape index (κ2) is 9.53. The van der Waals surface area contributed by atoms with Crippen molar-refractivity contribution < 1.29 is 14.4 Å². The molecule has 4 rings (SSSR count). The fraction of sp³-hybridized carbons (Fsp3) is 0.125. The average molecular weight is 449 g/mol. The molecular weight excluding hydrogens is 428 g/mol. The Balaban J connectivity index is 1.46. The summed E-state index contributed by atoms with van der Waals surface area (Å²) in [6.45, 7) is 0.0169. The summed E-state index contributed by atoms with van der Waals surface area (Å²) in [7, 11) is 0. The van der Waals surface area contributed by atoms with Gasteiger partial charge in [-0.25, -0.2) is 4.79 Å². The van der Waals surface area contributed by atoms with E-state index in [9.17, 15) is 14.4 Å². The Bertz CT molecular complexity index is 1140. The molecule has 0 unspecified atom stereocenters. The predicted octanol–water partition coefficient (Wildman–Crippen LogP) is 4.04. The van der Waals surface area contributed by atoms with Crippen molar-refractivity contribution in [2.24, 2.45) is 0 Å². The number of carbonyl (C=O) groups is 3. The molecule has 162 valence electrons. The zero-order valence-electron chi connectivity index (χ0n) is 17.1. The molecule has 1 heterocycles. The minimum absolute atomic E-state index is 0.141. The van der Waals surface area contributed by atoms with Crippen LogP contribution in [0.25, 0.3) is 0 Å². The van der Waals surface area contributed by atoms with Gasteiger partial charge in [-0.1, -0.05) is 54.1 Å². The molecule has 3 aromatic carbocycles. The molecular formula is C24H21ClN4O3. The molecule has 8 heteroatoms. The van der Waals surface area contributed by atoms with Gasteiger partial charge in [-0.2, -0.15) is 0 Å². The number of urea groups is 1. The van der Waals surface area contributed by atoms with Gasteiger partial charge < -0.3 is 10.6 Å². The van der Waals surface area contributed by atoms with Gasteiger partial charge in [-0.15, -0.1) is 0 Å². The Morgan fingerprint density at radius 2 is 1.53 bits per heavy atom. The molecule has 7 nitrogen and oxygen atoms in total. The zero-order valence-corrected chi connectivity index (χ0v) is 17.9. The topological polar surface area (TPSA) is 81.8 Å². The summed E-state index contributed by atoms with van der Waals surface area (Å²) < 4.78 is 0. The molecule has 1 aliphatic rings. The minimum atomic E-state index is -0.413. The Hall–Kier alpha value is -3.84. The number of nitrogens with one attached hydrogen (secondary N) is 2. The number of anilines is 3. The first-order valence-corrected chi connectivity index (χ1v) is 10.4. The first-order valence-electron chi connectivity index (χ1n) is 10.1. The third-order valence-electron chi connectivity index (χ3n) is 5.03. The number of benzene rings is 3. The Morgan fingerprint density at radius 3 is 2.25 bits per heavy atom. The molecule has 4 amide bonds. The van der Waals surface area contributed by atoms with E-state index >= 15 is 0 Å². The largest absolute Gasteiger partial charge is 0.350 e. The van der Waals surface area contributed by atoms with Gasteiger partial charge in [-0.05, 0) is 42.0 Å².